The molecule has 104 valence electrons. The van der Waals surface area contributed by atoms with Crippen molar-refractivity contribution in [1.82, 2.24) is 4.98 Å². The quantitative estimate of drug-likeness (QED) is 0.674. The fourth-order valence-electron chi connectivity index (χ4n) is 2.47. The van der Waals surface area contributed by atoms with Gasteiger partial charge in [-0.15, -0.1) is 11.3 Å². The van der Waals surface area contributed by atoms with E-state index in [1.54, 1.807) is 0 Å². The van der Waals surface area contributed by atoms with Crippen LogP contribution in [0, 0.1) is 5.41 Å². The number of benzene rings is 1. The minimum atomic E-state index is 0.00993. The van der Waals surface area contributed by atoms with Gasteiger partial charge in [0.15, 0.2) is 5.78 Å². The average molecular weight is 371 g/mol. The summed E-state index contributed by atoms with van der Waals surface area (Å²) in [6.45, 7) is 4.23. The molecule has 0 saturated heterocycles. The molecule has 1 aliphatic rings. The lowest BCUT2D eigenvalue weighted by Crippen LogP contribution is -2.25. The van der Waals surface area contributed by atoms with E-state index in [4.69, 9.17) is 11.6 Å². The molecule has 0 unspecified atom stereocenters. The second-order valence-corrected chi connectivity index (χ2v) is 8.13. The van der Waals surface area contributed by atoms with Crippen molar-refractivity contribution in [2.75, 3.05) is 0 Å². The van der Waals surface area contributed by atoms with Crippen molar-refractivity contribution < 1.29 is 4.79 Å². The van der Waals surface area contributed by atoms with Gasteiger partial charge >= 0.3 is 0 Å². The van der Waals surface area contributed by atoms with E-state index in [1.165, 1.54) is 11.3 Å². The predicted octanol–water partition coefficient (Wildman–Crippen LogP) is 5.38. The van der Waals surface area contributed by atoms with Crippen molar-refractivity contribution in [2.45, 2.75) is 26.7 Å². The zero-order valence-corrected chi connectivity index (χ0v) is 14.3. The van der Waals surface area contributed by atoms with Gasteiger partial charge in [-0.2, -0.15) is 0 Å². The molecular formula is C15H13BrClNOS. The lowest BCUT2D eigenvalue weighted by Gasteiger charge is -2.26. The number of aromatic nitrogens is 1. The first-order chi connectivity index (χ1) is 9.35. The third-order valence-electron chi connectivity index (χ3n) is 3.40. The normalized spacial score (nSPS) is 17.1. The Morgan fingerprint density at radius 1 is 1.35 bits per heavy atom. The number of ketones is 1. The molecule has 5 heteroatoms. The molecule has 0 spiro atoms. The van der Waals surface area contributed by atoms with E-state index in [0.29, 0.717) is 11.4 Å². The highest BCUT2D eigenvalue weighted by Gasteiger charge is 2.33. The Bertz CT molecular complexity index is 708. The number of Topliss-reactive ketones (excluding diaryl/α,β-unsaturated/α-hetero) is 1. The number of hydrogen-bond donors (Lipinski definition) is 0. The molecule has 0 radical (unpaired) electrons. The molecule has 0 atom stereocenters. The Morgan fingerprint density at radius 3 is 2.80 bits per heavy atom. The summed E-state index contributed by atoms with van der Waals surface area (Å²) in [6.07, 6.45) is 1.46. The monoisotopic (exact) mass is 369 g/mol. The standard InChI is InChI=1S/C15H13BrClNOS/c1-15(2)6-11-13(12(19)7-15)20-14(18-11)8-3-4-10(17)9(16)5-8/h3-5H,6-7H2,1-2H3. The summed E-state index contributed by atoms with van der Waals surface area (Å²) in [5.74, 6) is 0.216. The average Bonchev–Trinajstić information content (AvgIpc) is 2.75. The number of halogens is 2. The van der Waals surface area contributed by atoms with Crippen molar-refractivity contribution in [3.8, 4) is 10.6 Å². The largest absolute Gasteiger partial charge is 0.293 e. The highest BCUT2D eigenvalue weighted by Crippen LogP contribution is 2.40. The van der Waals surface area contributed by atoms with Gasteiger partial charge in [-0.25, -0.2) is 4.98 Å². The molecule has 1 aliphatic carbocycles. The van der Waals surface area contributed by atoms with Crippen LogP contribution in [0.4, 0.5) is 0 Å². The van der Waals surface area contributed by atoms with Gasteiger partial charge in [0.25, 0.3) is 0 Å². The zero-order chi connectivity index (χ0) is 14.5. The Balaban J connectivity index is 2.05. The van der Waals surface area contributed by atoms with Gasteiger partial charge in [0, 0.05) is 16.5 Å². The third-order valence-corrected chi connectivity index (χ3v) is 5.80. The number of fused-ring (bicyclic) bond motifs is 1. The predicted molar refractivity (Wildman–Crippen MR) is 86.7 cm³/mol. The lowest BCUT2D eigenvalue weighted by atomic mass is 9.78. The first kappa shape index (κ1) is 14.2. The maximum Gasteiger partial charge on any atom is 0.175 e. The molecule has 0 amide bonds. The van der Waals surface area contributed by atoms with Crippen molar-refractivity contribution in [2.24, 2.45) is 5.41 Å². The van der Waals surface area contributed by atoms with Crippen molar-refractivity contribution in [3.05, 3.63) is 38.3 Å². The second kappa shape index (κ2) is 4.93. The molecular weight excluding hydrogens is 358 g/mol. The van der Waals surface area contributed by atoms with E-state index in [2.05, 4.69) is 34.8 Å². The van der Waals surface area contributed by atoms with E-state index in [0.717, 1.165) is 32.0 Å². The fraction of sp³-hybridized carbons (Fsp3) is 0.333. The highest BCUT2D eigenvalue weighted by molar-refractivity contribution is 9.10. The maximum absolute atomic E-state index is 12.2. The minimum absolute atomic E-state index is 0.00993. The third kappa shape index (κ3) is 2.57. The van der Waals surface area contributed by atoms with Crippen LogP contribution in [0.2, 0.25) is 5.02 Å². The molecule has 0 bridgehead atoms. The summed E-state index contributed by atoms with van der Waals surface area (Å²) in [7, 11) is 0. The van der Waals surface area contributed by atoms with Gasteiger partial charge < -0.3 is 0 Å². The summed E-state index contributed by atoms with van der Waals surface area (Å²) in [5, 5.41) is 1.56. The number of carbonyl (C=O) groups is 1. The SMILES string of the molecule is CC1(C)CC(=O)c2sc(-c3ccc(Cl)c(Br)c3)nc2C1. The van der Waals surface area contributed by atoms with Gasteiger partial charge in [0.1, 0.15) is 5.01 Å². The van der Waals surface area contributed by atoms with Crippen molar-refractivity contribution in [1.29, 1.82) is 0 Å². The summed E-state index contributed by atoms with van der Waals surface area (Å²) in [5.41, 5.74) is 1.94. The first-order valence-electron chi connectivity index (χ1n) is 6.34. The minimum Gasteiger partial charge on any atom is -0.293 e. The number of carbonyl (C=O) groups excluding carboxylic acids is 1. The Hall–Kier alpha value is -0.710. The Labute approximate surface area is 135 Å². The molecule has 0 fully saturated rings. The van der Waals surface area contributed by atoms with E-state index in [1.807, 2.05) is 18.2 Å². The highest BCUT2D eigenvalue weighted by atomic mass is 79.9. The smallest absolute Gasteiger partial charge is 0.175 e. The molecule has 0 N–H and O–H groups in total. The molecule has 2 aromatic rings. The summed E-state index contributed by atoms with van der Waals surface area (Å²) < 4.78 is 0.844. The van der Waals surface area contributed by atoms with Crippen LogP contribution in [0.1, 0.15) is 35.6 Å². The first-order valence-corrected chi connectivity index (χ1v) is 8.33. The number of thiazole rings is 1. The van der Waals surface area contributed by atoms with E-state index < -0.39 is 0 Å². The molecule has 0 aliphatic heterocycles. The number of rotatable bonds is 1. The molecule has 1 aromatic carbocycles. The van der Waals surface area contributed by atoms with Crippen LogP contribution in [0.3, 0.4) is 0 Å². The van der Waals surface area contributed by atoms with Crippen molar-refractivity contribution >= 4 is 44.7 Å². The van der Waals surface area contributed by atoms with Gasteiger partial charge in [-0.1, -0.05) is 31.5 Å². The summed E-state index contributed by atoms with van der Waals surface area (Å²) >= 11 is 10.9. The van der Waals surface area contributed by atoms with E-state index in [9.17, 15) is 4.79 Å². The number of hydrogen-bond acceptors (Lipinski definition) is 3. The van der Waals surface area contributed by atoms with Crippen LogP contribution in [0.25, 0.3) is 10.6 Å². The van der Waals surface area contributed by atoms with E-state index >= 15 is 0 Å². The molecule has 1 heterocycles. The van der Waals surface area contributed by atoms with Crippen LogP contribution < -0.4 is 0 Å². The topological polar surface area (TPSA) is 30.0 Å². The van der Waals surface area contributed by atoms with E-state index in [-0.39, 0.29) is 11.2 Å². The molecule has 20 heavy (non-hydrogen) atoms. The second-order valence-electron chi connectivity index (χ2n) is 5.86. The molecule has 0 saturated carbocycles. The summed E-state index contributed by atoms with van der Waals surface area (Å²) in [4.78, 5) is 17.7. The van der Waals surface area contributed by atoms with Crippen molar-refractivity contribution in [3.63, 3.8) is 0 Å². The fourth-order valence-corrected chi connectivity index (χ4v) is 3.98. The Morgan fingerprint density at radius 2 is 2.10 bits per heavy atom. The molecule has 1 aromatic heterocycles. The Kier molecular flexibility index (Phi) is 3.51. The van der Waals surface area contributed by atoms with Gasteiger partial charge in [-0.3, -0.25) is 4.79 Å². The maximum atomic E-state index is 12.2. The lowest BCUT2D eigenvalue weighted by molar-refractivity contribution is 0.0916. The summed E-state index contributed by atoms with van der Waals surface area (Å²) in [6, 6.07) is 5.72. The number of nitrogens with zero attached hydrogens (tertiary/aromatic N) is 1. The van der Waals surface area contributed by atoms with Crippen LogP contribution >= 0.6 is 38.9 Å². The van der Waals surface area contributed by atoms with Crippen LogP contribution in [0.5, 0.6) is 0 Å². The van der Waals surface area contributed by atoms with Gasteiger partial charge in [0.2, 0.25) is 0 Å². The van der Waals surface area contributed by atoms with Gasteiger partial charge in [-0.05, 0) is 39.9 Å². The molecule has 3 rings (SSSR count). The molecule has 2 nitrogen and oxygen atoms in total. The van der Waals surface area contributed by atoms with Gasteiger partial charge in [0.05, 0.1) is 15.6 Å². The van der Waals surface area contributed by atoms with Crippen LogP contribution in [0.15, 0.2) is 22.7 Å². The van der Waals surface area contributed by atoms with Crippen LogP contribution in [-0.2, 0) is 6.42 Å². The van der Waals surface area contributed by atoms with Crippen LogP contribution in [-0.4, -0.2) is 10.8 Å². The zero-order valence-electron chi connectivity index (χ0n) is 11.2.